The summed E-state index contributed by atoms with van der Waals surface area (Å²) in [5.41, 5.74) is 7.39. The van der Waals surface area contributed by atoms with Crippen LogP contribution in [0, 0.1) is 6.92 Å². The number of nitrogens with one attached hydrogen (secondary N) is 1. The van der Waals surface area contributed by atoms with Crippen molar-refractivity contribution >= 4 is 72.1 Å². The van der Waals surface area contributed by atoms with Crippen molar-refractivity contribution in [3.8, 4) is 0 Å². The van der Waals surface area contributed by atoms with Crippen molar-refractivity contribution in [2.45, 2.75) is 33.2 Å². The molecule has 216 valence electrons. The summed E-state index contributed by atoms with van der Waals surface area (Å²) in [5, 5.41) is 20.6. The second-order valence-corrected chi connectivity index (χ2v) is 11.8. The molecule has 0 bridgehead atoms. The average Bonchev–Trinajstić information content (AvgIpc) is 3.59. The molecule has 1 aromatic heterocycles. The van der Waals surface area contributed by atoms with Gasteiger partial charge in [-0.3, -0.25) is 0 Å². The Hall–Kier alpha value is -4.75. The zero-order chi connectivity index (χ0) is 29.9. The minimum atomic E-state index is 0.394. The molecule has 0 fully saturated rings. The van der Waals surface area contributed by atoms with Crippen molar-refractivity contribution in [3.63, 3.8) is 0 Å². The molecule has 1 unspecified atom stereocenters. The number of fused-ring (bicyclic) bond motifs is 2. The maximum Gasteiger partial charge on any atom is 0.189 e. The first kappa shape index (κ1) is 28.4. The van der Waals surface area contributed by atoms with Gasteiger partial charge in [-0.25, -0.2) is 4.98 Å². The molecule has 0 aliphatic heterocycles. The molecular formula is C36H36N6S. The van der Waals surface area contributed by atoms with Gasteiger partial charge in [0.2, 0.25) is 0 Å². The van der Waals surface area contributed by atoms with Crippen LogP contribution in [0.1, 0.15) is 25.8 Å². The maximum atomic E-state index is 4.78. The number of aryl methyl sites for hydroxylation is 1. The van der Waals surface area contributed by atoms with E-state index in [0.717, 1.165) is 67.2 Å². The molecule has 0 saturated heterocycles. The zero-order valence-electron chi connectivity index (χ0n) is 25.2. The summed E-state index contributed by atoms with van der Waals surface area (Å²) in [6, 6.07) is 32.1. The minimum Gasteiger partial charge on any atom is -0.382 e. The van der Waals surface area contributed by atoms with Crippen LogP contribution in [0.25, 0.3) is 21.5 Å². The molecule has 6 aromatic rings. The Morgan fingerprint density at radius 2 is 1.40 bits per heavy atom. The highest BCUT2D eigenvalue weighted by atomic mass is 32.1. The van der Waals surface area contributed by atoms with E-state index >= 15 is 0 Å². The van der Waals surface area contributed by atoms with Crippen molar-refractivity contribution in [3.05, 3.63) is 108 Å². The third kappa shape index (κ3) is 5.68. The van der Waals surface area contributed by atoms with Crippen LogP contribution in [0.5, 0.6) is 0 Å². The fourth-order valence-electron chi connectivity index (χ4n) is 5.46. The SMILES string of the molecule is CCC(C)Nc1ccc(N=Nc2ccc(N(C)c3ccc(N(C)c4nccs4)cc3C)c3ccccc23)c2ccccc12. The van der Waals surface area contributed by atoms with Gasteiger partial charge in [0.15, 0.2) is 5.13 Å². The molecule has 6 nitrogen and oxygen atoms in total. The van der Waals surface area contributed by atoms with Crippen LogP contribution in [0.2, 0.25) is 0 Å². The second-order valence-electron chi connectivity index (χ2n) is 10.9. The van der Waals surface area contributed by atoms with Gasteiger partial charge in [-0.1, -0.05) is 55.5 Å². The topological polar surface area (TPSA) is 56.1 Å². The summed E-state index contributed by atoms with van der Waals surface area (Å²) in [7, 11) is 4.18. The van der Waals surface area contributed by atoms with Gasteiger partial charge >= 0.3 is 0 Å². The lowest BCUT2D eigenvalue weighted by molar-refractivity contribution is 0.765. The summed E-state index contributed by atoms with van der Waals surface area (Å²) in [4.78, 5) is 8.82. The summed E-state index contributed by atoms with van der Waals surface area (Å²) in [5.74, 6) is 0. The van der Waals surface area contributed by atoms with Crippen LogP contribution in [-0.4, -0.2) is 25.1 Å². The van der Waals surface area contributed by atoms with Gasteiger partial charge in [0, 0.05) is 76.0 Å². The highest BCUT2D eigenvalue weighted by molar-refractivity contribution is 7.13. The molecule has 7 heteroatoms. The van der Waals surface area contributed by atoms with E-state index < -0.39 is 0 Å². The van der Waals surface area contributed by atoms with E-state index in [-0.39, 0.29) is 0 Å². The summed E-state index contributed by atoms with van der Waals surface area (Å²) < 4.78 is 0. The predicted octanol–water partition coefficient (Wildman–Crippen LogP) is 10.9. The first-order valence-corrected chi connectivity index (χ1v) is 15.5. The Morgan fingerprint density at radius 1 is 0.767 bits per heavy atom. The zero-order valence-corrected chi connectivity index (χ0v) is 26.1. The van der Waals surface area contributed by atoms with Crippen LogP contribution >= 0.6 is 11.3 Å². The molecule has 0 spiro atoms. The molecule has 0 amide bonds. The van der Waals surface area contributed by atoms with Gasteiger partial charge in [0.1, 0.15) is 0 Å². The molecule has 0 aliphatic rings. The van der Waals surface area contributed by atoms with Gasteiger partial charge in [0.05, 0.1) is 11.4 Å². The smallest absolute Gasteiger partial charge is 0.189 e. The van der Waals surface area contributed by atoms with E-state index in [4.69, 9.17) is 10.2 Å². The van der Waals surface area contributed by atoms with Gasteiger partial charge in [-0.05, 0) is 68.3 Å². The molecule has 0 aliphatic carbocycles. The third-order valence-corrected chi connectivity index (χ3v) is 8.90. The van der Waals surface area contributed by atoms with Crippen molar-refractivity contribution < 1.29 is 0 Å². The van der Waals surface area contributed by atoms with E-state index in [2.05, 4.69) is 146 Å². The quantitative estimate of drug-likeness (QED) is 0.172. The average molecular weight is 585 g/mol. The molecule has 0 radical (unpaired) electrons. The Labute approximate surface area is 257 Å². The number of benzene rings is 5. The largest absolute Gasteiger partial charge is 0.382 e. The fraction of sp³-hybridized carbons (Fsp3) is 0.194. The lowest BCUT2D eigenvalue weighted by Crippen LogP contribution is -2.13. The van der Waals surface area contributed by atoms with Gasteiger partial charge in [0.25, 0.3) is 0 Å². The second kappa shape index (κ2) is 12.2. The third-order valence-electron chi connectivity index (χ3n) is 8.06. The van der Waals surface area contributed by atoms with E-state index in [1.54, 1.807) is 11.3 Å². The van der Waals surface area contributed by atoms with Gasteiger partial charge < -0.3 is 15.1 Å². The Morgan fingerprint density at radius 3 is 2.05 bits per heavy atom. The molecule has 1 atom stereocenters. The maximum absolute atomic E-state index is 4.78. The standard InChI is InChI=1S/C36H36N6S/c1-6-25(3)38-31-16-17-32(28-12-8-7-11-27(28)31)39-40-33-18-20-35(30-14-10-9-13-29(30)33)42(5)34-19-15-26(23-24(34)2)41(4)36-37-21-22-43-36/h7-23,25,38H,6H2,1-5H3. The van der Waals surface area contributed by atoms with Crippen LogP contribution in [0.4, 0.5) is 39.3 Å². The van der Waals surface area contributed by atoms with E-state index in [1.165, 1.54) is 5.56 Å². The van der Waals surface area contributed by atoms with Crippen molar-refractivity contribution in [1.82, 2.24) is 4.98 Å². The molecule has 1 heterocycles. The molecule has 6 rings (SSSR count). The van der Waals surface area contributed by atoms with Crippen molar-refractivity contribution in [2.24, 2.45) is 10.2 Å². The normalized spacial score (nSPS) is 12.2. The summed E-state index contributed by atoms with van der Waals surface area (Å²) >= 11 is 1.63. The number of hydrogen-bond donors (Lipinski definition) is 1. The Kier molecular flexibility index (Phi) is 8.07. The molecule has 0 saturated carbocycles. The number of azo groups is 1. The molecular weight excluding hydrogens is 549 g/mol. The summed E-state index contributed by atoms with van der Waals surface area (Å²) in [6.07, 6.45) is 2.90. The molecule has 43 heavy (non-hydrogen) atoms. The number of thiazole rings is 1. The summed E-state index contributed by atoms with van der Waals surface area (Å²) in [6.45, 7) is 6.55. The molecule has 1 N–H and O–H groups in total. The Balaban J connectivity index is 1.33. The minimum absolute atomic E-state index is 0.394. The van der Waals surface area contributed by atoms with Crippen LogP contribution in [0.3, 0.4) is 0 Å². The highest BCUT2D eigenvalue weighted by Crippen LogP contribution is 2.40. The van der Waals surface area contributed by atoms with Crippen LogP contribution in [0.15, 0.2) is 113 Å². The lowest BCUT2D eigenvalue weighted by atomic mass is 10.0. The van der Waals surface area contributed by atoms with Gasteiger partial charge in [-0.2, -0.15) is 0 Å². The number of nitrogens with zero attached hydrogens (tertiary/aromatic N) is 5. The fourth-order valence-corrected chi connectivity index (χ4v) is 6.09. The highest BCUT2D eigenvalue weighted by Gasteiger charge is 2.15. The monoisotopic (exact) mass is 584 g/mol. The van der Waals surface area contributed by atoms with E-state index in [0.29, 0.717) is 6.04 Å². The molecule has 5 aromatic carbocycles. The Bertz CT molecular complexity index is 1910. The van der Waals surface area contributed by atoms with Gasteiger partial charge in [-0.15, -0.1) is 21.6 Å². The number of aromatic nitrogens is 1. The lowest BCUT2D eigenvalue weighted by Gasteiger charge is -2.25. The van der Waals surface area contributed by atoms with E-state index in [9.17, 15) is 0 Å². The first-order valence-electron chi connectivity index (χ1n) is 14.6. The van der Waals surface area contributed by atoms with E-state index in [1.807, 2.05) is 11.6 Å². The van der Waals surface area contributed by atoms with Crippen molar-refractivity contribution in [2.75, 3.05) is 29.2 Å². The first-order chi connectivity index (χ1) is 20.9. The van der Waals surface area contributed by atoms with Crippen LogP contribution in [-0.2, 0) is 0 Å². The predicted molar refractivity (Wildman–Crippen MR) is 185 cm³/mol. The number of anilines is 5. The van der Waals surface area contributed by atoms with Crippen LogP contribution < -0.4 is 15.1 Å². The number of hydrogen-bond acceptors (Lipinski definition) is 7. The van der Waals surface area contributed by atoms with Crippen molar-refractivity contribution in [1.29, 1.82) is 0 Å². The number of rotatable bonds is 9.